The maximum absolute atomic E-state index is 12.8. The summed E-state index contributed by atoms with van der Waals surface area (Å²) < 4.78 is 17.6. The third-order valence-electron chi connectivity index (χ3n) is 1.46. The third-order valence-corrected chi connectivity index (χ3v) is 1.46. The van der Waals surface area contributed by atoms with Crippen molar-refractivity contribution in [1.29, 1.82) is 0 Å². The minimum Gasteiger partial charge on any atom is -0.508 e. The smallest absolute Gasteiger partial charge is 0.338 e. The highest BCUT2D eigenvalue weighted by atomic mass is 19.1. The highest BCUT2D eigenvalue weighted by Gasteiger charge is 2.11. The van der Waals surface area contributed by atoms with Crippen LogP contribution in [0.2, 0.25) is 0 Å². The first-order valence-corrected chi connectivity index (χ1v) is 4.19. The molecule has 76 valence electrons. The van der Waals surface area contributed by atoms with Gasteiger partial charge in [-0.05, 0) is 26.0 Å². The van der Waals surface area contributed by atoms with Crippen LogP contribution in [0.3, 0.4) is 0 Å². The molecule has 0 aromatic heterocycles. The summed E-state index contributed by atoms with van der Waals surface area (Å²) in [6.07, 6.45) is -0.270. The monoisotopic (exact) mass is 198 g/mol. The fourth-order valence-corrected chi connectivity index (χ4v) is 0.974. The summed E-state index contributed by atoms with van der Waals surface area (Å²) in [6.45, 7) is 3.38. The molecule has 0 amide bonds. The molecule has 4 heteroatoms. The van der Waals surface area contributed by atoms with Gasteiger partial charge in [0.05, 0.1) is 11.7 Å². The lowest BCUT2D eigenvalue weighted by molar-refractivity contribution is 0.0377. The molecular weight excluding hydrogens is 187 g/mol. The quantitative estimate of drug-likeness (QED) is 0.740. The lowest BCUT2D eigenvalue weighted by atomic mass is 10.2. The summed E-state index contributed by atoms with van der Waals surface area (Å²) in [5.41, 5.74) is 0.0104. The van der Waals surface area contributed by atoms with E-state index < -0.39 is 11.8 Å². The molecule has 0 aliphatic heterocycles. The Hall–Kier alpha value is -1.58. The van der Waals surface area contributed by atoms with E-state index in [-0.39, 0.29) is 17.4 Å². The standard InChI is InChI=1S/C10H11FO3/c1-6(2)14-10(13)7-3-8(11)5-9(12)4-7/h3-6,12H,1-2H3. The Morgan fingerprint density at radius 2 is 2.07 bits per heavy atom. The maximum atomic E-state index is 12.8. The van der Waals surface area contributed by atoms with Gasteiger partial charge in [-0.2, -0.15) is 0 Å². The van der Waals surface area contributed by atoms with Crippen molar-refractivity contribution in [3.8, 4) is 5.75 Å². The van der Waals surface area contributed by atoms with Gasteiger partial charge in [-0.1, -0.05) is 0 Å². The first kappa shape index (κ1) is 10.5. The van der Waals surface area contributed by atoms with Gasteiger partial charge in [-0.25, -0.2) is 9.18 Å². The molecule has 0 fully saturated rings. The van der Waals surface area contributed by atoms with Crippen LogP contribution < -0.4 is 0 Å². The van der Waals surface area contributed by atoms with Crippen molar-refractivity contribution in [2.75, 3.05) is 0 Å². The summed E-state index contributed by atoms with van der Waals surface area (Å²) in [5.74, 6) is -1.60. The zero-order chi connectivity index (χ0) is 10.7. The number of phenolic OH excluding ortho intramolecular Hbond substituents is 1. The number of benzene rings is 1. The Labute approximate surface area is 81.1 Å². The van der Waals surface area contributed by atoms with Crippen molar-refractivity contribution in [2.45, 2.75) is 20.0 Å². The van der Waals surface area contributed by atoms with Gasteiger partial charge < -0.3 is 9.84 Å². The van der Waals surface area contributed by atoms with Crippen molar-refractivity contribution >= 4 is 5.97 Å². The number of esters is 1. The fraction of sp³-hybridized carbons (Fsp3) is 0.300. The van der Waals surface area contributed by atoms with E-state index in [2.05, 4.69) is 0 Å². The van der Waals surface area contributed by atoms with Crippen molar-refractivity contribution in [2.24, 2.45) is 0 Å². The molecule has 0 aliphatic carbocycles. The minimum atomic E-state index is -0.666. The van der Waals surface area contributed by atoms with Gasteiger partial charge in [0.1, 0.15) is 11.6 Å². The van der Waals surface area contributed by atoms with Crippen LogP contribution in [0.5, 0.6) is 5.75 Å². The topological polar surface area (TPSA) is 46.5 Å². The van der Waals surface area contributed by atoms with Gasteiger partial charge in [0.15, 0.2) is 0 Å². The zero-order valence-corrected chi connectivity index (χ0v) is 7.95. The summed E-state index contributed by atoms with van der Waals surface area (Å²) in [5, 5.41) is 9.03. The van der Waals surface area contributed by atoms with Crippen LogP contribution >= 0.6 is 0 Å². The molecular formula is C10H11FO3. The average molecular weight is 198 g/mol. The third kappa shape index (κ3) is 2.73. The van der Waals surface area contributed by atoms with E-state index in [9.17, 15) is 9.18 Å². The van der Waals surface area contributed by atoms with Crippen molar-refractivity contribution in [1.82, 2.24) is 0 Å². The van der Waals surface area contributed by atoms with E-state index >= 15 is 0 Å². The van der Waals surface area contributed by atoms with E-state index in [1.54, 1.807) is 13.8 Å². The van der Waals surface area contributed by atoms with Gasteiger partial charge in [0.2, 0.25) is 0 Å². The van der Waals surface area contributed by atoms with Gasteiger partial charge in [-0.3, -0.25) is 0 Å². The molecule has 0 saturated carbocycles. The minimum absolute atomic E-state index is 0.0104. The number of aromatic hydroxyl groups is 1. The highest BCUT2D eigenvalue weighted by molar-refractivity contribution is 5.89. The summed E-state index contributed by atoms with van der Waals surface area (Å²) >= 11 is 0. The lowest BCUT2D eigenvalue weighted by Crippen LogP contribution is -2.11. The molecule has 0 saturated heterocycles. The van der Waals surface area contributed by atoms with E-state index in [4.69, 9.17) is 9.84 Å². The van der Waals surface area contributed by atoms with Gasteiger partial charge in [0.25, 0.3) is 0 Å². The Morgan fingerprint density at radius 1 is 1.43 bits per heavy atom. The van der Waals surface area contributed by atoms with Crippen molar-refractivity contribution in [3.05, 3.63) is 29.6 Å². The SMILES string of the molecule is CC(C)OC(=O)c1cc(O)cc(F)c1. The molecule has 1 rings (SSSR count). The molecule has 0 atom stereocenters. The molecule has 0 aliphatic rings. The highest BCUT2D eigenvalue weighted by Crippen LogP contribution is 2.15. The number of hydrogen-bond acceptors (Lipinski definition) is 3. The molecule has 1 N–H and O–H groups in total. The molecule has 14 heavy (non-hydrogen) atoms. The first-order chi connectivity index (χ1) is 6.49. The molecule has 3 nitrogen and oxygen atoms in total. The van der Waals surface area contributed by atoms with Crippen LogP contribution in [0.4, 0.5) is 4.39 Å². The second-order valence-electron chi connectivity index (χ2n) is 3.15. The molecule has 0 heterocycles. The fourth-order valence-electron chi connectivity index (χ4n) is 0.974. The van der Waals surface area contributed by atoms with Crippen LogP contribution in [-0.4, -0.2) is 17.2 Å². The van der Waals surface area contributed by atoms with Crippen LogP contribution in [0.1, 0.15) is 24.2 Å². The van der Waals surface area contributed by atoms with Gasteiger partial charge in [-0.15, -0.1) is 0 Å². The average Bonchev–Trinajstić information content (AvgIpc) is 2.00. The normalized spacial score (nSPS) is 10.3. The van der Waals surface area contributed by atoms with Crippen LogP contribution in [0.15, 0.2) is 18.2 Å². The molecule has 1 aromatic carbocycles. The number of carbonyl (C=O) groups excluding carboxylic acids is 1. The van der Waals surface area contributed by atoms with Crippen LogP contribution in [0.25, 0.3) is 0 Å². The molecule has 0 bridgehead atoms. The first-order valence-electron chi connectivity index (χ1n) is 4.19. The molecule has 0 unspecified atom stereocenters. The predicted octanol–water partition coefficient (Wildman–Crippen LogP) is 2.10. The van der Waals surface area contributed by atoms with Gasteiger partial charge in [0, 0.05) is 6.07 Å². The molecule has 1 aromatic rings. The summed E-state index contributed by atoms with van der Waals surface area (Å²) in [4.78, 5) is 11.3. The van der Waals surface area contributed by atoms with Crippen molar-refractivity contribution in [3.63, 3.8) is 0 Å². The lowest BCUT2D eigenvalue weighted by Gasteiger charge is -2.07. The van der Waals surface area contributed by atoms with Gasteiger partial charge >= 0.3 is 5.97 Å². The van der Waals surface area contributed by atoms with E-state index in [0.717, 1.165) is 18.2 Å². The summed E-state index contributed by atoms with van der Waals surface area (Å²) in [6, 6.07) is 3.10. The summed E-state index contributed by atoms with van der Waals surface area (Å²) in [7, 11) is 0. The molecule has 0 spiro atoms. The Bertz CT molecular complexity index is 327. The van der Waals surface area contributed by atoms with E-state index in [1.807, 2.05) is 0 Å². The van der Waals surface area contributed by atoms with Crippen LogP contribution in [0, 0.1) is 5.82 Å². The second kappa shape index (κ2) is 4.09. The number of hydrogen-bond donors (Lipinski definition) is 1. The van der Waals surface area contributed by atoms with Crippen molar-refractivity contribution < 1.29 is 19.0 Å². The van der Waals surface area contributed by atoms with E-state index in [0.29, 0.717) is 0 Å². The Morgan fingerprint density at radius 3 is 2.57 bits per heavy atom. The largest absolute Gasteiger partial charge is 0.508 e. The number of carbonyl (C=O) groups is 1. The Kier molecular flexibility index (Phi) is 3.06. The number of phenols is 1. The van der Waals surface area contributed by atoms with E-state index in [1.165, 1.54) is 0 Å². The number of halogens is 1. The number of rotatable bonds is 2. The second-order valence-corrected chi connectivity index (χ2v) is 3.15. The Balaban J connectivity index is 2.90. The maximum Gasteiger partial charge on any atom is 0.338 e. The zero-order valence-electron chi connectivity index (χ0n) is 7.95. The molecule has 0 radical (unpaired) electrons. The number of ether oxygens (including phenoxy) is 1. The predicted molar refractivity (Wildman–Crippen MR) is 48.6 cm³/mol. The van der Waals surface area contributed by atoms with Crippen LogP contribution in [-0.2, 0) is 4.74 Å².